The van der Waals surface area contributed by atoms with Crippen LogP contribution in [0.2, 0.25) is 0 Å². The summed E-state index contributed by atoms with van der Waals surface area (Å²) in [5.74, 6) is -0.193. The van der Waals surface area contributed by atoms with Gasteiger partial charge in [0.25, 0.3) is 0 Å². The van der Waals surface area contributed by atoms with Crippen LogP contribution in [0, 0.1) is 0 Å². The maximum Gasteiger partial charge on any atom is 0.337 e. The fourth-order valence-corrected chi connectivity index (χ4v) is 2.40. The van der Waals surface area contributed by atoms with Crippen LogP contribution in [0.3, 0.4) is 0 Å². The zero-order valence-electron chi connectivity index (χ0n) is 11.5. The Hall–Kier alpha value is -1.56. The van der Waals surface area contributed by atoms with Gasteiger partial charge in [-0.1, -0.05) is 6.42 Å². The molecule has 0 fully saturated rings. The number of carboxylic acid groups (broad SMARTS) is 1. The first-order valence-electron chi connectivity index (χ1n) is 6.61. The van der Waals surface area contributed by atoms with Crippen molar-refractivity contribution in [1.29, 1.82) is 0 Å². The Balaban J connectivity index is 2.12. The van der Waals surface area contributed by atoms with Crippen molar-refractivity contribution in [2.75, 3.05) is 12.4 Å². The predicted molar refractivity (Wildman–Crippen MR) is 77.0 cm³/mol. The molecule has 20 heavy (non-hydrogen) atoms. The van der Waals surface area contributed by atoms with Crippen molar-refractivity contribution >= 4 is 23.7 Å². The molecular weight excluding hydrogens is 278 g/mol. The van der Waals surface area contributed by atoms with Crippen molar-refractivity contribution in [3.63, 3.8) is 0 Å². The molecule has 0 aliphatic carbocycles. The molecule has 1 rings (SSSR count). The second-order valence-corrected chi connectivity index (χ2v) is 5.27. The number of rotatable bonds is 9. The minimum absolute atomic E-state index is 0.133. The lowest BCUT2D eigenvalue weighted by Gasteiger charge is -2.03. The number of carbonyl (C=O) groups is 2. The van der Waals surface area contributed by atoms with Gasteiger partial charge in [-0.2, -0.15) is 0 Å². The molecule has 110 valence electrons. The van der Waals surface area contributed by atoms with Crippen LogP contribution in [0.4, 0.5) is 0 Å². The van der Waals surface area contributed by atoms with Crippen molar-refractivity contribution in [1.82, 2.24) is 4.98 Å². The Bertz CT molecular complexity index is 433. The molecule has 0 saturated carbocycles. The van der Waals surface area contributed by atoms with Gasteiger partial charge in [-0.3, -0.25) is 4.79 Å². The van der Waals surface area contributed by atoms with Crippen LogP contribution in [0.1, 0.15) is 43.0 Å². The number of unbranched alkanes of at least 4 members (excludes halogenated alkanes) is 2. The van der Waals surface area contributed by atoms with E-state index in [-0.39, 0.29) is 11.5 Å². The lowest BCUT2D eigenvalue weighted by Crippen LogP contribution is -2.03. The molecule has 1 aromatic rings. The number of carboxylic acids is 1. The number of thioether (sulfide) groups is 1. The molecule has 0 aliphatic rings. The van der Waals surface area contributed by atoms with Gasteiger partial charge in [0, 0.05) is 12.6 Å². The lowest BCUT2D eigenvalue weighted by atomic mass is 10.2. The molecule has 0 aliphatic heterocycles. The summed E-state index contributed by atoms with van der Waals surface area (Å²) in [4.78, 5) is 25.8. The first-order valence-corrected chi connectivity index (χ1v) is 7.59. The Morgan fingerprint density at radius 1 is 1.30 bits per heavy atom. The van der Waals surface area contributed by atoms with E-state index in [1.54, 1.807) is 30.8 Å². The zero-order chi connectivity index (χ0) is 14.8. The molecule has 0 aromatic carbocycles. The summed E-state index contributed by atoms with van der Waals surface area (Å²) in [6.45, 7) is 2.24. The van der Waals surface area contributed by atoms with E-state index in [1.807, 2.05) is 0 Å². The SMILES string of the molecule is CCOC(=O)CCCCCSc1ccc(C(=O)O)cn1. The van der Waals surface area contributed by atoms with Crippen molar-refractivity contribution in [2.24, 2.45) is 0 Å². The molecule has 1 N–H and O–H groups in total. The number of esters is 1. The Morgan fingerprint density at radius 3 is 2.70 bits per heavy atom. The van der Waals surface area contributed by atoms with Gasteiger partial charge in [-0.25, -0.2) is 9.78 Å². The van der Waals surface area contributed by atoms with Crippen molar-refractivity contribution in [3.05, 3.63) is 23.9 Å². The third-order valence-electron chi connectivity index (χ3n) is 2.56. The van der Waals surface area contributed by atoms with Gasteiger partial charge in [0.05, 0.1) is 17.2 Å². The van der Waals surface area contributed by atoms with Gasteiger partial charge >= 0.3 is 11.9 Å². The van der Waals surface area contributed by atoms with Crippen molar-refractivity contribution < 1.29 is 19.4 Å². The minimum atomic E-state index is -0.965. The number of nitrogens with zero attached hydrogens (tertiary/aromatic N) is 1. The number of pyridine rings is 1. The Kier molecular flexibility index (Phi) is 7.72. The molecule has 0 bridgehead atoms. The fraction of sp³-hybridized carbons (Fsp3) is 0.500. The van der Waals surface area contributed by atoms with E-state index < -0.39 is 5.97 Å². The summed E-state index contributed by atoms with van der Waals surface area (Å²) in [6.07, 6.45) is 4.64. The molecule has 0 unspecified atom stereocenters. The average Bonchev–Trinajstić information content (AvgIpc) is 2.43. The first kappa shape index (κ1) is 16.5. The van der Waals surface area contributed by atoms with Gasteiger partial charge in [0.2, 0.25) is 0 Å². The molecule has 6 heteroatoms. The Morgan fingerprint density at radius 2 is 2.10 bits per heavy atom. The first-order chi connectivity index (χ1) is 9.63. The standard InChI is InChI=1S/C14H19NO4S/c1-2-19-13(16)6-4-3-5-9-20-12-8-7-11(10-15-12)14(17)18/h7-8,10H,2-6,9H2,1H3,(H,17,18). The second kappa shape index (κ2) is 9.36. The number of ether oxygens (including phenoxy) is 1. The largest absolute Gasteiger partial charge is 0.478 e. The zero-order valence-corrected chi connectivity index (χ0v) is 12.3. The smallest absolute Gasteiger partial charge is 0.337 e. The van der Waals surface area contributed by atoms with Crippen molar-refractivity contribution in [3.8, 4) is 0 Å². The van der Waals surface area contributed by atoms with Crippen LogP contribution in [-0.4, -0.2) is 34.4 Å². The van der Waals surface area contributed by atoms with Gasteiger partial charge in [-0.15, -0.1) is 11.8 Å². The molecule has 0 amide bonds. The average molecular weight is 297 g/mol. The van der Waals surface area contributed by atoms with Gasteiger partial charge < -0.3 is 9.84 Å². The second-order valence-electron chi connectivity index (χ2n) is 4.15. The summed E-state index contributed by atoms with van der Waals surface area (Å²) in [6, 6.07) is 3.27. The molecule has 1 heterocycles. The van der Waals surface area contributed by atoms with E-state index in [4.69, 9.17) is 9.84 Å². The summed E-state index contributed by atoms with van der Waals surface area (Å²) in [7, 11) is 0. The monoisotopic (exact) mass is 297 g/mol. The summed E-state index contributed by atoms with van der Waals surface area (Å²) < 4.78 is 4.85. The molecule has 0 saturated heterocycles. The quantitative estimate of drug-likeness (QED) is 0.429. The molecule has 0 spiro atoms. The minimum Gasteiger partial charge on any atom is -0.478 e. The van der Waals surface area contributed by atoms with Crippen LogP contribution in [0.25, 0.3) is 0 Å². The lowest BCUT2D eigenvalue weighted by molar-refractivity contribution is -0.143. The van der Waals surface area contributed by atoms with E-state index in [0.717, 1.165) is 30.0 Å². The number of carbonyl (C=O) groups excluding carboxylic acids is 1. The summed E-state index contributed by atoms with van der Waals surface area (Å²) >= 11 is 1.59. The molecule has 1 aromatic heterocycles. The summed E-state index contributed by atoms with van der Waals surface area (Å²) in [5, 5.41) is 9.57. The van der Waals surface area contributed by atoms with Crippen LogP contribution >= 0.6 is 11.8 Å². The molecule has 0 radical (unpaired) electrons. The highest BCUT2D eigenvalue weighted by atomic mass is 32.2. The summed E-state index contributed by atoms with van der Waals surface area (Å²) in [5.41, 5.74) is 0.198. The maximum absolute atomic E-state index is 11.1. The van der Waals surface area contributed by atoms with E-state index in [9.17, 15) is 9.59 Å². The van der Waals surface area contributed by atoms with Crippen molar-refractivity contribution in [2.45, 2.75) is 37.6 Å². The predicted octanol–water partition coefficient (Wildman–Crippen LogP) is 3.00. The topological polar surface area (TPSA) is 76.5 Å². The van der Waals surface area contributed by atoms with Gasteiger partial charge in [0.1, 0.15) is 0 Å². The molecule has 0 atom stereocenters. The van der Waals surface area contributed by atoms with E-state index in [1.165, 1.54) is 6.20 Å². The van der Waals surface area contributed by atoms with Crippen LogP contribution in [0.5, 0.6) is 0 Å². The van der Waals surface area contributed by atoms with Crippen LogP contribution in [0.15, 0.2) is 23.4 Å². The fourth-order valence-electron chi connectivity index (χ4n) is 1.55. The van der Waals surface area contributed by atoms with Crippen LogP contribution < -0.4 is 0 Å². The van der Waals surface area contributed by atoms with Gasteiger partial charge in [0.15, 0.2) is 0 Å². The maximum atomic E-state index is 11.1. The highest BCUT2D eigenvalue weighted by Gasteiger charge is 2.04. The van der Waals surface area contributed by atoms with E-state index in [0.29, 0.717) is 13.0 Å². The third kappa shape index (κ3) is 6.56. The Labute approximate surface area is 122 Å². The highest BCUT2D eigenvalue weighted by Crippen LogP contribution is 2.17. The highest BCUT2D eigenvalue weighted by molar-refractivity contribution is 7.99. The number of hydrogen-bond donors (Lipinski definition) is 1. The normalized spacial score (nSPS) is 10.2. The molecular formula is C14H19NO4S. The molecule has 5 nitrogen and oxygen atoms in total. The van der Waals surface area contributed by atoms with E-state index >= 15 is 0 Å². The van der Waals surface area contributed by atoms with E-state index in [2.05, 4.69) is 4.98 Å². The number of aromatic nitrogens is 1. The van der Waals surface area contributed by atoms with Crippen LogP contribution in [-0.2, 0) is 9.53 Å². The van der Waals surface area contributed by atoms with Gasteiger partial charge in [-0.05, 0) is 37.7 Å². The number of aromatic carboxylic acids is 1. The third-order valence-corrected chi connectivity index (χ3v) is 3.59. The number of hydrogen-bond acceptors (Lipinski definition) is 5.